The first kappa shape index (κ1) is 26.2. The zero-order valence-corrected chi connectivity index (χ0v) is 19.9. The summed E-state index contributed by atoms with van der Waals surface area (Å²) in [5.74, 6) is 0.175. The molecule has 2 aromatic rings. The lowest BCUT2D eigenvalue weighted by Gasteiger charge is -2.38. The van der Waals surface area contributed by atoms with Crippen molar-refractivity contribution in [3.05, 3.63) is 59.2 Å². The van der Waals surface area contributed by atoms with Gasteiger partial charge in [-0.1, -0.05) is 35.5 Å². The molecule has 33 heavy (non-hydrogen) atoms. The number of hydrogen-bond donors (Lipinski definition) is 2. The van der Waals surface area contributed by atoms with Gasteiger partial charge in [-0.05, 0) is 41.7 Å². The summed E-state index contributed by atoms with van der Waals surface area (Å²) in [4.78, 5) is 25.7. The van der Waals surface area contributed by atoms with Crippen LogP contribution in [-0.4, -0.2) is 61.4 Å². The first-order valence-corrected chi connectivity index (χ1v) is 10.5. The Labute approximate surface area is 200 Å². The third-order valence-electron chi connectivity index (χ3n) is 5.65. The van der Waals surface area contributed by atoms with Crippen LogP contribution in [-0.2, 0) is 16.0 Å². The zero-order chi connectivity index (χ0) is 23.1. The van der Waals surface area contributed by atoms with Crippen molar-refractivity contribution in [2.45, 2.75) is 25.8 Å². The van der Waals surface area contributed by atoms with Crippen molar-refractivity contribution in [3.8, 4) is 11.5 Å². The van der Waals surface area contributed by atoms with Crippen LogP contribution < -0.4 is 14.8 Å². The number of nitrogens with zero attached hydrogens (tertiary/aromatic N) is 2. The summed E-state index contributed by atoms with van der Waals surface area (Å²) in [6, 6.07) is 14.4. The van der Waals surface area contributed by atoms with Gasteiger partial charge in [-0.15, -0.1) is 12.4 Å². The lowest BCUT2D eigenvalue weighted by molar-refractivity contribution is -0.117. The topological polar surface area (TPSA) is 100 Å². The molecule has 3 rings (SSSR count). The van der Waals surface area contributed by atoms with Crippen LogP contribution in [0.5, 0.6) is 11.5 Å². The molecule has 1 unspecified atom stereocenters. The summed E-state index contributed by atoms with van der Waals surface area (Å²) in [6.07, 6.45) is 1.55. The Morgan fingerprint density at radius 2 is 1.82 bits per heavy atom. The van der Waals surface area contributed by atoms with Crippen molar-refractivity contribution in [2.75, 3.05) is 33.9 Å². The van der Waals surface area contributed by atoms with E-state index in [2.05, 4.69) is 39.6 Å². The van der Waals surface area contributed by atoms with E-state index in [4.69, 9.17) is 14.7 Å². The van der Waals surface area contributed by atoms with Crippen molar-refractivity contribution < 1.29 is 24.3 Å². The molecule has 0 aliphatic carbocycles. The average Bonchev–Trinajstić information content (AvgIpc) is 2.81. The van der Waals surface area contributed by atoms with E-state index in [-0.39, 0.29) is 18.4 Å². The molecule has 0 spiro atoms. The summed E-state index contributed by atoms with van der Waals surface area (Å²) in [5.41, 5.74) is 3.10. The zero-order valence-electron chi connectivity index (χ0n) is 19.0. The molecule has 1 amide bonds. The van der Waals surface area contributed by atoms with Crippen LogP contribution in [0.1, 0.15) is 36.1 Å². The predicted octanol–water partition coefficient (Wildman–Crippen LogP) is 3.00. The number of ketones is 1. The maximum absolute atomic E-state index is 12.0. The van der Waals surface area contributed by atoms with Crippen LogP contribution in [0.3, 0.4) is 0 Å². The van der Waals surface area contributed by atoms with E-state index in [1.807, 2.05) is 18.2 Å². The standard InChI is InChI=1S/C24H29N3O5.ClH/c1-16(28)22(26-30)24(29)25-11-7-12-27-13-10-18-14-20(31-2)21(32-3)15-19(18)23(27)17-8-5-4-6-9-17;/h4-6,8-9,14-15,23,30H,7,10-13H2,1-3H3,(H,25,29);1H. The van der Waals surface area contributed by atoms with Crippen molar-refractivity contribution in [1.82, 2.24) is 10.2 Å². The minimum atomic E-state index is -0.666. The minimum Gasteiger partial charge on any atom is -0.493 e. The Morgan fingerprint density at radius 3 is 2.42 bits per heavy atom. The fraction of sp³-hybridized carbons (Fsp3) is 0.375. The number of methoxy groups -OCH3 is 2. The van der Waals surface area contributed by atoms with Crippen LogP contribution in [0.4, 0.5) is 0 Å². The van der Waals surface area contributed by atoms with E-state index in [9.17, 15) is 9.59 Å². The summed E-state index contributed by atoms with van der Waals surface area (Å²) in [6.45, 7) is 3.14. The van der Waals surface area contributed by atoms with Crippen LogP contribution in [0.25, 0.3) is 0 Å². The quantitative estimate of drug-likeness (QED) is 0.190. The normalized spacial score (nSPS) is 15.7. The molecule has 8 nitrogen and oxygen atoms in total. The minimum absolute atomic E-state index is 0. The van der Waals surface area contributed by atoms with E-state index in [1.165, 1.54) is 23.6 Å². The number of oxime groups is 1. The molecular formula is C24H30ClN3O5. The fourth-order valence-electron chi connectivity index (χ4n) is 4.11. The third kappa shape index (κ3) is 6.03. The number of amides is 1. The molecule has 0 saturated heterocycles. The van der Waals surface area contributed by atoms with E-state index in [1.54, 1.807) is 14.2 Å². The van der Waals surface area contributed by atoms with Gasteiger partial charge in [0.2, 0.25) is 5.71 Å². The van der Waals surface area contributed by atoms with Crippen molar-refractivity contribution in [1.29, 1.82) is 0 Å². The fourth-order valence-corrected chi connectivity index (χ4v) is 4.11. The van der Waals surface area contributed by atoms with Crippen molar-refractivity contribution >= 4 is 29.8 Å². The molecular weight excluding hydrogens is 446 g/mol. The van der Waals surface area contributed by atoms with E-state index in [0.29, 0.717) is 18.7 Å². The SMILES string of the molecule is COc1cc2c(cc1OC)C(c1ccccc1)N(CCCNC(=O)C(=NO)C(C)=O)CC2.Cl. The highest BCUT2D eigenvalue weighted by Gasteiger charge is 2.30. The molecule has 1 atom stereocenters. The number of nitrogens with one attached hydrogen (secondary N) is 1. The van der Waals surface area contributed by atoms with Crippen LogP contribution in [0.15, 0.2) is 47.6 Å². The molecule has 9 heteroatoms. The molecule has 0 radical (unpaired) electrons. The van der Waals surface area contributed by atoms with Crippen LogP contribution >= 0.6 is 12.4 Å². The number of benzene rings is 2. The number of ether oxygens (including phenoxy) is 2. The van der Waals surface area contributed by atoms with Gasteiger partial charge in [0, 0.05) is 26.6 Å². The van der Waals surface area contributed by atoms with Gasteiger partial charge in [-0.3, -0.25) is 14.5 Å². The van der Waals surface area contributed by atoms with Crippen molar-refractivity contribution in [3.63, 3.8) is 0 Å². The number of rotatable bonds is 9. The van der Waals surface area contributed by atoms with Gasteiger partial charge < -0.3 is 20.0 Å². The lowest BCUT2D eigenvalue weighted by atomic mass is 9.87. The van der Waals surface area contributed by atoms with Gasteiger partial charge in [0.25, 0.3) is 5.91 Å². The van der Waals surface area contributed by atoms with Crippen molar-refractivity contribution in [2.24, 2.45) is 5.16 Å². The second-order valence-corrected chi connectivity index (χ2v) is 7.62. The number of fused-ring (bicyclic) bond motifs is 1. The van der Waals surface area contributed by atoms with E-state index >= 15 is 0 Å². The molecule has 1 aliphatic heterocycles. The molecule has 178 valence electrons. The van der Waals surface area contributed by atoms with Gasteiger partial charge in [0.1, 0.15) is 0 Å². The Balaban J connectivity index is 0.00000385. The molecule has 1 heterocycles. The Kier molecular flexibility index (Phi) is 9.69. The predicted molar refractivity (Wildman–Crippen MR) is 128 cm³/mol. The van der Waals surface area contributed by atoms with Gasteiger partial charge in [-0.25, -0.2) is 0 Å². The number of Topliss-reactive ketones (excluding diaryl/α,β-unsaturated/α-hetero) is 1. The molecule has 0 saturated carbocycles. The summed E-state index contributed by atoms with van der Waals surface area (Å²) >= 11 is 0. The van der Waals surface area contributed by atoms with Crippen LogP contribution in [0, 0.1) is 0 Å². The number of halogens is 1. The Bertz CT molecular complexity index is 997. The maximum atomic E-state index is 12.0. The second kappa shape index (κ2) is 12.2. The lowest BCUT2D eigenvalue weighted by Crippen LogP contribution is -2.39. The monoisotopic (exact) mass is 475 g/mol. The largest absolute Gasteiger partial charge is 0.493 e. The first-order chi connectivity index (χ1) is 15.5. The van der Waals surface area contributed by atoms with Gasteiger partial charge in [0.15, 0.2) is 17.3 Å². The summed E-state index contributed by atoms with van der Waals surface area (Å²) < 4.78 is 11.0. The number of carbonyl (C=O) groups is 2. The number of hydrogen-bond acceptors (Lipinski definition) is 7. The maximum Gasteiger partial charge on any atom is 0.277 e. The van der Waals surface area contributed by atoms with Gasteiger partial charge in [0.05, 0.1) is 20.3 Å². The second-order valence-electron chi connectivity index (χ2n) is 7.62. The highest BCUT2D eigenvalue weighted by molar-refractivity contribution is 6.65. The Hall–Kier alpha value is -3.10. The van der Waals surface area contributed by atoms with E-state index in [0.717, 1.165) is 25.3 Å². The average molecular weight is 476 g/mol. The highest BCUT2D eigenvalue weighted by Crippen LogP contribution is 2.40. The first-order valence-electron chi connectivity index (χ1n) is 10.5. The molecule has 0 aromatic heterocycles. The molecule has 2 aromatic carbocycles. The van der Waals surface area contributed by atoms with Crippen LogP contribution in [0.2, 0.25) is 0 Å². The molecule has 0 fully saturated rings. The summed E-state index contributed by atoms with van der Waals surface area (Å²) in [7, 11) is 3.28. The van der Waals surface area contributed by atoms with Gasteiger partial charge in [-0.2, -0.15) is 0 Å². The smallest absolute Gasteiger partial charge is 0.277 e. The molecule has 0 bridgehead atoms. The Morgan fingerprint density at radius 1 is 1.15 bits per heavy atom. The molecule has 2 N–H and O–H groups in total. The number of carbonyl (C=O) groups excluding carboxylic acids is 2. The van der Waals surface area contributed by atoms with E-state index < -0.39 is 17.4 Å². The van der Waals surface area contributed by atoms with Gasteiger partial charge >= 0.3 is 0 Å². The highest BCUT2D eigenvalue weighted by atomic mass is 35.5. The molecule has 1 aliphatic rings. The third-order valence-corrected chi connectivity index (χ3v) is 5.65. The summed E-state index contributed by atoms with van der Waals surface area (Å²) in [5, 5.41) is 14.3.